The monoisotopic (exact) mass is 425 g/mol. The maximum absolute atomic E-state index is 5.74. The summed E-state index contributed by atoms with van der Waals surface area (Å²) in [6.45, 7) is 9.43. The number of nitrogens with zero attached hydrogens (tertiary/aromatic N) is 1. The fourth-order valence-electron chi connectivity index (χ4n) is 3.60. The van der Waals surface area contributed by atoms with Gasteiger partial charge in [-0.1, -0.05) is 43.1 Å². The third-order valence-electron chi connectivity index (χ3n) is 5.41. The van der Waals surface area contributed by atoms with Gasteiger partial charge < -0.3 is 23.7 Å². The number of hydrogen-bond acceptors (Lipinski definition) is 6. The summed E-state index contributed by atoms with van der Waals surface area (Å²) in [5, 5.41) is 0. The molecule has 1 heterocycles. The minimum absolute atomic E-state index is 0.600. The Bertz CT molecular complexity index is 437. The van der Waals surface area contributed by atoms with Crippen LogP contribution in [0.4, 0.5) is 0 Å². The van der Waals surface area contributed by atoms with Gasteiger partial charge in [0.1, 0.15) is 0 Å². The minimum atomic E-state index is 0.600. The normalized spacial score (nSPS) is 21.8. The Morgan fingerprint density at radius 3 is 1.63 bits per heavy atom. The Morgan fingerprint density at radius 2 is 1.10 bits per heavy atom. The van der Waals surface area contributed by atoms with Gasteiger partial charge in [-0.25, -0.2) is 0 Å². The van der Waals surface area contributed by atoms with E-state index in [-0.39, 0.29) is 0 Å². The molecule has 0 bridgehead atoms. The fraction of sp³-hybridized carbons (Fsp3) is 0.833. The Morgan fingerprint density at radius 1 is 0.600 bits per heavy atom. The second kappa shape index (κ2) is 19.0. The summed E-state index contributed by atoms with van der Waals surface area (Å²) in [6, 6.07) is 0. The van der Waals surface area contributed by atoms with Crippen molar-refractivity contribution in [2.24, 2.45) is 0 Å². The van der Waals surface area contributed by atoms with E-state index in [1.54, 1.807) is 5.57 Å². The molecule has 1 fully saturated rings. The lowest BCUT2D eigenvalue weighted by atomic mass is 10.1. The van der Waals surface area contributed by atoms with Gasteiger partial charge in [-0.2, -0.15) is 0 Å². The smallest absolute Gasteiger partial charge is 0.0701 e. The average molecular weight is 426 g/mol. The lowest BCUT2D eigenvalue weighted by molar-refractivity contribution is -0.0186. The maximum atomic E-state index is 5.74. The van der Waals surface area contributed by atoms with Crippen LogP contribution in [0.1, 0.15) is 44.9 Å². The van der Waals surface area contributed by atoms with Crippen LogP contribution in [-0.2, 0) is 23.7 Å². The van der Waals surface area contributed by atoms with Crippen molar-refractivity contribution in [2.45, 2.75) is 44.9 Å². The zero-order valence-electron chi connectivity index (χ0n) is 18.9. The first-order valence-electron chi connectivity index (χ1n) is 11.9. The van der Waals surface area contributed by atoms with Gasteiger partial charge in [-0.15, -0.1) is 0 Å². The lowest BCUT2D eigenvalue weighted by Crippen LogP contribution is -2.32. The molecule has 0 saturated carbocycles. The van der Waals surface area contributed by atoms with Crippen LogP contribution in [0.25, 0.3) is 0 Å². The molecular weight excluding hydrogens is 382 g/mol. The van der Waals surface area contributed by atoms with Gasteiger partial charge in [0.25, 0.3) is 0 Å². The predicted octanol–water partition coefficient (Wildman–Crippen LogP) is 3.61. The van der Waals surface area contributed by atoms with Crippen molar-refractivity contribution in [3.63, 3.8) is 0 Å². The summed E-state index contributed by atoms with van der Waals surface area (Å²) in [6.07, 6.45) is 15.7. The SMILES string of the molecule is C1=CCC(CCCCCCCN2CCOCCOCCOCCOCCOCC2)=C1. The van der Waals surface area contributed by atoms with E-state index in [1.807, 2.05) is 0 Å². The quantitative estimate of drug-likeness (QED) is 0.554. The summed E-state index contributed by atoms with van der Waals surface area (Å²) in [5.41, 5.74) is 1.60. The molecule has 0 atom stereocenters. The van der Waals surface area contributed by atoms with Gasteiger partial charge in [0.05, 0.1) is 66.1 Å². The van der Waals surface area contributed by atoms with Crippen LogP contribution in [0, 0.1) is 0 Å². The molecule has 6 heteroatoms. The van der Waals surface area contributed by atoms with Crippen molar-refractivity contribution in [1.29, 1.82) is 0 Å². The molecule has 2 aliphatic rings. The maximum Gasteiger partial charge on any atom is 0.0701 e. The Hall–Kier alpha value is -0.760. The molecular formula is C24H43NO5. The van der Waals surface area contributed by atoms with Gasteiger partial charge >= 0.3 is 0 Å². The van der Waals surface area contributed by atoms with Crippen LogP contribution in [0.2, 0.25) is 0 Å². The molecule has 2 rings (SSSR count). The summed E-state index contributed by atoms with van der Waals surface area (Å²) in [4.78, 5) is 2.47. The van der Waals surface area contributed by atoms with E-state index in [4.69, 9.17) is 23.7 Å². The van der Waals surface area contributed by atoms with Gasteiger partial charge in [0, 0.05) is 13.1 Å². The standard InChI is InChI=1S/C24H43NO5/c1(2-4-8-24-9-5-6-10-24)3-7-11-25-12-14-26-16-18-28-20-22-30-23-21-29-19-17-27-15-13-25/h5-6,9H,1-4,7-8,10-23H2. The van der Waals surface area contributed by atoms with Crippen molar-refractivity contribution in [2.75, 3.05) is 85.7 Å². The zero-order chi connectivity index (χ0) is 21.0. The highest BCUT2D eigenvalue weighted by Gasteiger charge is 2.06. The Labute approximate surface area is 183 Å². The molecule has 0 unspecified atom stereocenters. The number of ether oxygens (including phenoxy) is 5. The van der Waals surface area contributed by atoms with E-state index in [0.29, 0.717) is 52.9 Å². The first kappa shape index (κ1) is 25.5. The number of unbranched alkanes of at least 4 members (excludes halogenated alkanes) is 4. The largest absolute Gasteiger partial charge is 0.378 e. The summed E-state index contributed by atoms with van der Waals surface area (Å²) in [7, 11) is 0. The van der Waals surface area contributed by atoms with Crippen molar-refractivity contribution >= 4 is 0 Å². The van der Waals surface area contributed by atoms with Crippen molar-refractivity contribution < 1.29 is 23.7 Å². The first-order valence-corrected chi connectivity index (χ1v) is 11.9. The van der Waals surface area contributed by atoms with E-state index in [1.165, 1.54) is 44.9 Å². The number of allylic oxidation sites excluding steroid dienone is 4. The topological polar surface area (TPSA) is 49.4 Å². The van der Waals surface area contributed by atoms with Crippen LogP contribution in [0.15, 0.2) is 23.8 Å². The van der Waals surface area contributed by atoms with Crippen LogP contribution >= 0.6 is 0 Å². The van der Waals surface area contributed by atoms with E-state index >= 15 is 0 Å². The second-order valence-electron chi connectivity index (χ2n) is 7.88. The first-order chi connectivity index (χ1) is 14.9. The van der Waals surface area contributed by atoms with Gasteiger partial charge in [-0.3, -0.25) is 4.90 Å². The molecule has 0 spiro atoms. The van der Waals surface area contributed by atoms with Crippen LogP contribution in [0.5, 0.6) is 0 Å². The molecule has 0 aromatic carbocycles. The van der Waals surface area contributed by atoms with Crippen molar-refractivity contribution in [3.05, 3.63) is 23.8 Å². The zero-order valence-corrected chi connectivity index (χ0v) is 18.9. The molecule has 1 aliphatic carbocycles. The van der Waals surface area contributed by atoms with Gasteiger partial charge in [-0.05, 0) is 32.2 Å². The second-order valence-corrected chi connectivity index (χ2v) is 7.88. The number of hydrogen-bond donors (Lipinski definition) is 0. The minimum Gasteiger partial charge on any atom is -0.378 e. The molecule has 6 nitrogen and oxygen atoms in total. The van der Waals surface area contributed by atoms with Crippen LogP contribution in [0.3, 0.4) is 0 Å². The average Bonchev–Trinajstić information content (AvgIpc) is 3.27. The lowest BCUT2D eigenvalue weighted by Gasteiger charge is -2.22. The molecule has 0 N–H and O–H groups in total. The summed E-state index contributed by atoms with van der Waals surface area (Å²) >= 11 is 0. The van der Waals surface area contributed by atoms with Crippen LogP contribution in [-0.4, -0.2) is 90.6 Å². The summed E-state index contributed by atoms with van der Waals surface area (Å²) < 4.78 is 28.0. The number of rotatable bonds is 8. The highest BCUT2D eigenvalue weighted by molar-refractivity contribution is 5.22. The highest BCUT2D eigenvalue weighted by Crippen LogP contribution is 2.18. The molecule has 0 radical (unpaired) electrons. The summed E-state index contributed by atoms with van der Waals surface area (Å²) in [5.74, 6) is 0. The molecule has 174 valence electrons. The van der Waals surface area contributed by atoms with E-state index in [9.17, 15) is 0 Å². The highest BCUT2D eigenvalue weighted by atomic mass is 16.6. The molecule has 0 amide bonds. The van der Waals surface area contributed by atoms with E-state index in [2.05, 4.69) is 23.1 Å². The fourth-order valence-corrected chi connectivity index (χ4v) is 3.60. The van der Waals surface area contributed by atoms with Crippen molar-refractivity contribution in [3.8, 4) is 0 Å². The van der Waals surface area contributed by atoms with E-state index in [0.717, 1.165) is 32.8 Å². The third kappa shape index (κ3) is 14.3. The molecule has 0 aromatic heterocycles. The van der Waals surface area contributed by atoms with Crippen molar-refractivity contribution in [1.82, 2.24) is 4.90 Å². The van der Waals surface area contributed by atoms with E-state index < -0.39 is 0 Å². The molecule has 30 heavy (non-hydrogen) atoms. The Kier molecular flexibility index (Phi) is 16.1. The van der Waals surface area contributed by atoms with Gasteiger partial charge in [0.2, 0.25) is 0 Å². The predicted molar refractivity (Wildman–Crippen MR) is 120 cm³/mol. The van der Waals surface area contributed by atoms with Crippen LogP contribution < -0.4 is 0 Å². The molecule has 0 aromatic rings. The third-order valence-corrected chi connectivity index (χ3v) is 5.41. The molecule has 1 aliphatic heterocycles. The Balaban J connectivity index is 1.53. The molecule has 1 saturated heterocycles. The van der Waals surface area contributed by atoms with Gasteiger partial charge in [0.15, 0.2) is 0 Å².